The van der Waals surface area contributed by atoms with Gasteiger partial charge in [0, 0.05) is 17.4 Å². The van der Waals surface area contributed by atoms with E-state index in [2.05, 4.69) is 10.8 Å². The maximum Gasteiger partial charge on any atom is 0.310 e. The first-order valence-corrected chi connectivity index (χ1v) is 10.3. The Hall–Kier alpha value is -3.00. The topological polar surface area (TPSA) is 67.1 Å². The fourth-order valence-corrected chi connectivity index (χ4v) is 4.54. The van der Waals surface area contributed by atoms with Gasteiger partial charge in [-0.3, -0.25) is 4.79 Å². The molecule has 0 atom stereocenters. The van der Waals surface area contributed by atoms with Crippen molar-refractivity contribution in [2.24, 2.45) is 0 Å². The van der Waals surface area contributed by atoms with Gasteiger partial charge in [0.2, 0.25) is 12.5 Å². The Morgan fingerprint density at radius 1 is 1.09 bits per heavy atom. The maximum atomic E-state index is 12.6. The molecule has 0 bridgehead atoms. The van der Waals surface area contributed by atoms with Gasteiger partial charge >= 0.3 is 5.97 Å². The monoisotopic (exact) mass is 501 g/mol. The van der Waals surface area contributed by atoms with Gasteiger partial charge in [-0.2, -0.15) is 4.57 Å². The van der Waals surface area contributed by atoms with Gasteiger partial charge in [0.05, 0.1) is 38.2 Å². The standard InChI is InChI=1S/C24H24NO6.BrH/c1-4-29-22(26)11-17-15-5-6-19(27-2)24(28-3)18(15)12-25-8-7-14-9-20-21(31-13-30-20)10-16(14)23(17)25;/h5-6,9-10,12H,4,7-8,11,13H2,1-3H3;1H/q+1;/p-1. The summed E-state index contributed by atoms with van der Waals surface area (Å²) in [6, 6.07) is 7.92. The lowest BCUT2D eigenvalue weighted by Crippen LogP contribution is -3.00. The van der Waals surface area contributed by atoms with Crippen LogP contribution in [0.15, 0.2) is 30.5 Å². The van der Waals surface area contributed by atoms with E-state index in [0.29, 0.717) is 18.1 Å². The zero-order valence-electron chi connectivity index (χ0n) is 18.2. The van der Waals surface area contributed by atoms with Gasteiger partial charge in [0.15, 0.2) is 35.7 Å². The van der Waals surface area contributed by atoms with E-state index in [9.17, 15) is 4.79 Å². The largest absolute Gasteiger partial charge is 1.00 e. The molecule has 168 valence electrons. The van der Waals surface area contributed by atoms with E-state index in [4.69, 9.17) is 23.7 Å². The number of aromatic nitrogens is 1. The third-order valence-electron chi connectivity index (χ3n) is 5.87. The van der Waals surface area contributed by atoms with Crippen molar-refractivity contribution in [2.75, 3.05) is 27.6 Å². The Morgan fingerprint density at radius 2 is 1.88 bits per heavy atom. The van der Waals surface area contributed by atoms with Crippen molar-refractivity contribution < 1.29 is 50.0 Å². The maximum absolute atomic E-state index is 12.6. The molecule has 2 aliphatic heterocycles. The molecule has 3 aromatic rings. The molecule has 0 N–H and O–H groups in total. The molecule has 32 heavy (non-hydrogen) atoms. The van der Waals surface area contributed by atoms with E-state index in [1.807, 2.05) is 31.2 Å². The predicted octanol–water partition coefficient (Wildman–Crippen LogP) is 0.206. The second-order valence-corrected chi connectivity index (χ2v) is 7.51. The SMILES string of the molecule is CCOC(=O)Cc1c2[n+](cc3c(OC)c(OC)ccc13)CCc1cc3c(cc1-2)OCO3.[Br-]. The van der Waals surface area contributed by atoms with Crippen molar-refractivity contribution in [1.82, 2.24) is 0 Å². The molecule has 3 heterocycles. The van der Waals surface area contributed by atoms with Crippen LogP contribution in [0, 0.1) is 0 Å². The van der Waals surface area contributed by atoms with Crippen LogP contribution in [0.5, 0.6) is 23.0 Å². The highest BCUT2D eigenvalue weighted by atomic mass is 79.9. The van der Waals surface area contributed by atoms with Crippen molar-refractivity contribution in [3.63, 3.8) is 0 Å². The second kappa shape index (κ2) is 8.86. The van der Waals surface area contributed by atoms with E-state index in [1.54, 1.807) is 14.2 Å². The lowest BCUT2D eigenvalue weighted by Gasteiger charge is -2.20. The highest BCUT2D eigenvalue weighted by Crippen LogP contribution is 2.43. The van der Waals surface area contributed by atoms with Gasteiger partial charge in [-0.05, 0) is 36.8 Å². The Morgan fingerprint density at radius 3 is 2.59 bits per heavy atom. The molecular weight excluding hydrogens is 478 g/mol. The average molecular weight is 502 g/mol. The molecule has 0 fully saturated rings. The zero-order chi connectivity index (χ0) is 21.5. The van der Waals surface area contributed by atoms with Crippen molar-refractivity contribution in [3.05, 3.63) is 41.6 Å². The number of aryl methyl sites for hydroxylation is 2. The van der Waals surface area contributed by atoms with Crippen LogP contribution in [0.1, 0.15) is 18.1 Å². The molecule has 0 saturated carbocycles. The summed E-state index contributed by atoms with van der Waals surface area (Å²) in [4.78, 5) is 12.6. The van der Waals surface area contributed by atoms with Crippen LogP contribution in [-0.4, -0.2) is 33.6 Å². The molecule has 0 saturated heterocycles. The van der Waals surface area contributed by atoms with Gasteiger partial charge in [0.25, 0.3) is 0 Å². The fourth-order valence-electron chi connectivity index (χ4n) is 4.54. The first-order valence-electron chi connectivity index (χ1n) is 10.3. The van der Waals surface area contributed by atoms with Crippen molar-refractivity contribution in [2.45, 2.75) is 26.3 Å². The van der Waals surface area contributed by atoms with Crippen molar-refractivity contribution >= 4 is 16.7 Å². The highest BCUT2D eigenvalue weighted by Gasteiger charge is 2.33. The van der Waals surface area contributed by atoms with Gasteiger partial charge in [-0.15, -0.1) is 0 Å². The van der Waals surface area contributed by atoms with Crippen LogP contribution in [0.4, 0.5) is 0 Å². The summed E-state index contributed by atoms with van der Waals surface area (Å²) in [6.45, 7) is 3.15. The van der Waals surface area contributed by atoms with Crippen molar-refractivity contribution in [3.8, 4) is 34.3 Å². The number of carbonyl (C=O) groups is 1. The summed E-state index contributed by atoms with van der Waals surface area (Å²) in [5.74, 6) is 2.53. The van der Waals surface area contributed by atoms with E-state index in [0.717, 1.165) is 52.1 Å². The minimum atomic E-state index is -0.263. The number of benzene rings is 2. The van der Waals surface area contributed by atoms with Crippen LogP contribution >= 0.6 is 0 Å². The first-order chi connectivity index (χ1) is 15.1. The third kappa shape index (κ3) is 3.52. The summed E-state index contributed by atoms with van der Waals surface area (Å²) >= 11 is 0. The first kappa shape index (κ1) is 22.2. The zero-order valence-corrected chi connectivity index (χ0v) is 19.8. The molecule has 1 aromatic heterocycles. The number of methoxy groups -OCH3 is 2. The van der Waals surface area contributed by atoms with Gasteiger partial charge in [-0.1, -0.05) is 0 Å². The van der Waals surface area contributed by atoms with Crippen LogP contribution < -0.4 is 40.5 Å². The predicted molar refractivity (Wildman–Crippen MR) is 113 cm³/mol. The number of fused-ring (bicyclic) bond motifs is 5. The smallest absolute Gasteiger partial charge is 0.310 e. The molecule has 2 aromatic carbocycles. The molecule has 8 heteroatoms. The molecule has 2 aliphatic rings. The van der Waals surface area contributed by atoms with Crippen LogP contribution in [0.25, 0.3) is 22.0 Å². The number of ether oxygens (including phenoxy) is 5. The van der Waals surface area contributed by atoms with E-state index >= 15 is 0 Å². The number of rotatable bonds is 5. The van der Waals surface area contributed by atoms with E-state index < -0.39 is 0 Å². The quantitative estimate of drug-likeness (QED) is 0.367. The van der Waals surface area contributed by atoms with Crippen molar-refractivity contribution in [1.29, 1.82) is 0 Å². The Balaban J connectivity index is 0.00000245. The average Bonchev–Trinajstić information content (AvgIpc) is 3.23. The number of esters is 1. The summed E-state index contributed by atoms with van der Waals surface area (Å²) in [5, 5.41) is 1.83. The summed E-state index contributed by atoms with van der Waals surface area (Å²) in [7, 11) is 3.25. The summed E-state index contributed by atoms with van der Waals surface area (Å²) < 4.78 is 29.9. The van der Waals surface area contributed by atoms with Crippen LogP contribution in [0.2, 0.25) is 0 Å². The minimum absolute atomic E-state index is 0. The number of halogens is 1. The number of hydrogen-bond donors (Lipinski definition) is 0. The normalized spacial score (nSPS) is 13.1. The van der Waals surface area contributed by atoms with E-state index in [1.165, 1.54) is 5.56 Å². The molecular formula is C24H24BrNO6. The second-order valence-electron chi connectivity index (χ2n) is 7.51. The molecule has 5 rings (SSSR count). The molecule has 0 spiro atoms. The summed E-state index contributed by atoms with van der Waals surface area (Å²) in [5.41, 5.74) is 4.12. The fraction of sp³-hybridized carbons (Fsp3) is 0.333. The van der Waals surface area contributed by atoms with Crippen LogP contribution in [0.3, 0.4) is 0 Å². The molecule has 0 aliphatic carbocycles. The number of carbonyl (C=O) groups excluding carboxylic acids is 1. The van der Waals surface area contributed by atoms with Gasteiger partial charge < -0.3 is 40.7 Å². The number of pyridine rings is 1. The number of nitrogens with zero attached hydrogens (tertiary/aromatic N) is 1. The Kier molecular flexibility index (Phi) is 6.15. The highest BCUT2D eigenvalue weighted by molar-refractivity contribution is 5.97. The third-order valence-corrected chi connectivity index (χ3v) is 5.87. The lowest BCUT2D eigenvalue weighted by molar-refractivity contribution is -0.686. The molecule has 0 radical (unpaired) electrons. The lowest BCUT2D eigenvalue weighted by atomic mass is 9.90. The molecule has 0 amide bonds. The van der Waals surface area contributed by atoms with Gasteiger partial charge in [-0.25, -0.2) is 0 Å². The summed E-state index contributed by atoms with van der Waals surface area (Å²) in [6.07, 6.45) is 3.08. The molecule has 7 nitrogen and oxygen atoms in total. The minimum Gasteiger partial charge on any atom is -1.00 e. The van der Waals surface area contributed by atoms with Crippen LogP contribution in [-0.2, 0) is 28.9 Å². The van der Waals surface area contributed by atoms with Gasteiger partial charge in [0.1, 0.15) is 0 Å². The number of hydrogen-bond acceptors (Lipinski definition) is 6. The Bertz CT molecular complexity index is 1210. The Labute approximate surface area is 196 Å². The van der Waals surface area contributed by atoms with E-state index in [-0.39, 0.29) is 36.2 Å². The molecule has 0 unspecified atom stereocenters.